The van der Waals surface area contributed by atoms with Crippen molar-refractivity contribution >= 4 is 11.5 Å². The Labute approximate surface area is 94.2 Å². The van der Waals surface area contributed by atoms with E-state index in [0.717, 1.165) is 18.9 Å². The maximum atomic E-state index is 13.5. The lowest BCUT2D eigenvalue weighted by Crippen LogP contribution is -2.37. The molecule has 2 N–H and O–H groups in total. The normalized spacial score (nSPS) is 16.5. The van der Waals surface area contributed by atoms with Crippen molar-refractivity contribution in [2.45, 2.75) is 13.3 Å². The van der Waals surface area contributed by atoms with Crippen LogP contribution >= 0.6 is 0 Å². The summed E-state index contributed by atoms with van der Waals surface area (Å²) >= 11 is 0. The second-order valence-corrected chi connectivity index (χ2v) is 3.78. The van der Waals surface area contributed by atoms with E-state index in [1.54, 1.807) is 6.07 Å². The molecule has 0 atom stereocenters. The van der Waals surface area contributed by atoms with Crippen molar-refractivity contribution in [2.75, 3.05) is 36.9 Å². The van der Waals surface area contributed by atoms with Crippen LogP contribution in [0.5, 0.6) is 0 Å². The molecule has 1 saturated heterocycles. The Hall–Kier alpha value is -1.36. The van der Waals surface area contributed by atoms with Crippen LogP contribution in [0, 0.1) is 5.82 Å². The van der Waals surface area contributed by atoms with Gasteiger partial charge in [0.25, 0.3) is 0 Å². The first-order valence-corrected chi connectivity index (χ1v) is 5.50. The minimum atomic E-state index is -0.389. The Morgan fingerprint density at radius 3 is 2.81 bits per heavy atom. The summed E-state index contributed by atoms with van der Waals surface area (Å²) in [5, 5.41) is 0. The first-order valence-electron chi connectivity index (χ1n) is 5.50. The third-order valence-corrected chi connectivity index (χ3v) is 2.71. The molecule has 1 aromatic rings. The third-order valence-electron chi connectivity index (χ3n) is 2.71. The maximum Gasteiger partial charge on any atom is 0.167 e. The summed E-state index contributed by atoms with van der Waals surface area (Å²) < 4.78 is 18.8. The van der Waals surface area contributed by atoms with E-state index in [1.807, 2.05) is 6.92 Å². The first kappa shape index (κ1) is 11.1. The van der Waals surface area contributed by atoms with Crippen molar-refractivity contribution in [3.05, 3.63) is 17.6 Å². The number of morpholine rings is 1. The van der Waals surface area contributed by atoms with Crippen LogP contribution in [0.25, 0.3) is 0 Å². The van der Waals surface area contributed by atoms with Crippen molar-refractivity contribution in [3.8, 4) is 0 Å². The predicted molar refractivity (Wildman–Crippen MR) is 61.0 cm³/mol. The Kier molecular flexibility index (Phi) is 3.24. The van der Waals surface area contributed by atoms with Crippen molar-refractivity contribution in [1.29, 1.82) is 0 Å². The summed E-state index contributed by atoms with van der Waals surface area (Å²) in [7, 11) is 0. The highest BCUT2D eigenvalue weighted by atomic mass is 19.1. The molecule has 1 aliphatic heterocycles. The number of nitrogens with zero attached hydrogens (tertiary/aromatic N) is 2. The first-order chi connectivity index (χ1) is 7.72. The van der Waals surface area contributed by atoms with E-state index in [-0.39, 0.29) is 11.5 Å². The van der Waals surface area contributed by atoms with Gasteiger partial charge in [0.05, 0.1) is 24.6 Å². The number of aromatic nitrogens is 1. The SMILES string of the molecule is CCc1nc(N2CCOCC2)cc(N)c1F. The van der Waals surface area contributed by atoms with Gasteiger partial charge in [-0.3, -0.25) is 0 Å². The minimum absolute atomic E-state index is 0.174. The topological polar surface area (TPSA) is 51.4 Å². The fourth-order valence-corrected chi connectivity index (χ4v) is 1.78. The summed E-state index contributed by atoms with van der Waals surface area (Å²) in [6.45, 7) is 4.79. The second kappa shape index (κ2) is 4.65. The van der Waals surface area contributed by atoms with Gasteiger partial charge in [0.2, 0.25) is 0 Å². The number of ether oxygens (including phenoxy) is 1. The van der Waals surface area contributed by atoms with E-state index >= 15 is 0 Å². The van der Waals surface area contributed by atoms with Crippen LogP contribution in [0.3, 0.4) is 0 Å². The number of rotatable bonds is 2. The molecular formula is C11H16FN3O. The smallest absolute Gasteiger partial charge is 0.167 e. The van der Waals surface area contributed by atoms with Gasteiger partial charge in [-0.2, -0.15) is 0 Å². The van der Waals surface area contributed by atoms with Gasteiger partial charge in [-0.25, -0.2) is 9.37 Å². The molecule has 0 aliphatic carbocycles. The minimum Gasteiger partial charge on any atom is -0.396 e. The number of halogens is 1. The molecule has 0 bridgehead atoms. The zero-order chi connectivity index (χ0) is 11.5. The summed E-state index contributed by atoms with van der Waals surface area (Å²) in [5.74, 6) is 0.360. The van der Waals surface area contributed by atoms with Gasteiger partial charge in [-0.15, -0.1) is 0 Å². The molecule has 1 fully saturated rings. The summed E-state index contributed by atoms with van der Waals surface area (Å²) in [5.41, 5.74) is 6.24. The van der Waals surface area contributed by atoms with E-state index in [4.69, 9.17) is 10.5 Å². The molecular weight excluding hydrogens is 209 g/mol. The monoisotopic (exact) mass is 225 g/mol. The third kappa shape index (κ3) is 2.09. The van der Waals surface area contributed by atoms with Gasteiger partial charge in [-0.05, 0) is 6.42 Å². The molecule has 5 heteroatoms. The predicted octanol–water partition coefficient (Wildman–Crippen LogP) is 1.20. The number of hydrogen-bond acceptors (Lipinski definition) is 4. The molecule has 1 aromatic heterocycles. The zero-order valence-electron chi connectivity index (χ0n) is 9.37. The van der Waals surface area contributed by atoms with Gasteiger partial charge in [0, 0.05) is 19.2 Å². The molecule has 1 aliphatic rings. The average Bonchev–Trinajstić information content (AvgIpc) is 2.33. The van der Waals surface area contributed by atoms with Crippen LogP contribution in [0.15, 0.2) is 6.07 Å². The maximum absolute atomic E-state index is 13.5. The van der Waals surface area contributed by atoms with Gasteiger partial charge < -0.3 is 15.4 Å². The zero-order valence-corrected chi connectivity index (χ0v) is 9.37. The largest absolute Gasteiger partial charge is 0.396 e. The highest BCUT2D eigenvalue weighted by Crippen LogP contribution is 2.21. The highest BCUT2D eigenvalue weighted by Gasteiger charge is 2.16. The molecule has 0 radical (unpaired) electrons. The van der Waals surface area contributed by atoms with E-state index < -0.39 is 0 Å². The number of anilines is 2. The Morgan fingerprint density at radius 2 is 2.19 bits per heavy atom. The molecule has 4 nitrogen and oxygen atoms in total. The van der Waals surface area contributed by atoms with Gasteiger partial charge in [0.1, 0.15) is 5.82 Å². The average molecular weight is 225 g/mol. The van der Waals surface area contributed by atoms with Gasteiger partial charge in [-0.1, -0.05) is 6.92 Å². The van der Waals surface area contributed by atoms with Crippen LogP contribution < -0.4 is 10.6 Å². The molecule has 2 rings (SSSR count). The van der Waals surface area contributed by atoms with Crippen LogP contribution in [0.4, 0.5) is 15.9 Å². The molecule has 16 heavy (non-hydrogen) atoms. The lowest BCUT2D eigenvalue weighted by atomic mass is 10.2. The van der Waals surface area contributed by atoms with E-state index in [2.05, 4.69) is 9.88 Å². The van der Waals surface area contributed by atoms with Gasteiger partial charge in [0.15, 0.2) is 5.82 Å². The molecule has 0 saturated carbocycles. The van der Waals surface area contributed by atoms with Crippen molar-refractivity contribution in [3.63, 3.8) is 0 Å². The van der Waals surface area contributed by atoms with Crippen molar-refractivity contribution in [1.82, 2.24) is 4.98 Å². The molecule has 0 amide bonds. The molecule has 0 unspecified atom stereocenters. The summed E-state index contributed by atoms with van der Waals surface area (Å²) in [6.07, 6.45) is 0.550. The molecule has 0 spiro atoms. The van der Waals surface area contributed by atoms with Gasteiger partial charge >= 0.3 is 0 Å². The van der Waals surface area contributed by atoms with Crippen molar-refractivity contribution in [2.24, 2.45) is 0 Å². The second-order valence-electron chi connectivity index (χ2n) is 3.78. The number of nitrogens with two attached hydrogens (primary N) is 1. The van der Waals surface area contributed by atoms with Crippen LogP contribution in [0.1, 0.15) is 12.6 Å². The number of pyridine rings is 1. The standard InChI is InChI=1S/C11H16FN3O/c1-2-9-11(12)8(13)7-10(14-9)15-3-5-16-6-4-15/h7H,2-6H2,1H3,(H2,13,14). The number of nitrogen functional groups attached to an aromatic ring is 1. The highest BCUT2D eigenvalue weighted by molar-refractivity contribution is 5.53. The summed E-state index contributed by atoms with van der Waals surface area (Å²) in [6, 6.07) is 1.60. The number of aryl methyl sites for hydroxylation is 1. The van der Waals surface area contributed by atoms with Crippen LogP contribution in [-0.2, 0) is 11.2 Å². The van der Waals surface area contributed by atoms with Crippen LogP contribution in [-0.4, -0.2) is 31.3 Å². The quantitative estimate of drug-likeness (QED) is 0.821. The molecule has 88 valence electrons. The Morgan fingerprint density at radius 1 is 1.50 bits per heavy atom. The molecule has 0 aromatic carbocycles. The fraction of sp³-hybridized carbons (Fsp3) is 0.545. The van der Waals surface area contributed by atoms with E-state index in [9.17, 15) is 4.39 Å². The van der Waals surface area contributed by atoms with E-state index in [0.29, 0.717) is 25.3 Å². The molecule has 2 heterocycles. The fourth-order valence-electron chi connectivity index (χ4n) is 1.78. The number of hydrogen-bond donors (Lipinski definition) is 1. The lowest BCUT2D eigenvalue weighted by molar-refractivity contribution is 0.122. The van der Waals surface area contributed by atoms with Crippen molar-refractivity contribution < 1.29 is 9.13 Å². The Balaban J connectivity index is 2.29. The lowest BCUT2D eigenvalue weighted by Gasteiger charge is -2.28. The van der Waals surface area contributed by atoms with Crippen LogP contribution in [0.2, 0.25) is 0 Å². The summed E-state index contributed by atoms with van der Waals surface area (Å²) in [4.78, 5) is 6.36. The Bertz CT molecular complexity index is 378. The van der Waals surface area contributed by atoms with E-state index in [1.165, 1.54) is 0 Å².